The highest BCUT2D eigenvalue weighted by atomic mass is 35.5. The largest absolute Gasteiger partial charge is 0.323 e. The first-order valence-corrected chi connectivity index (χ1v) is 6.92. The van der Waals surface area contributed by atoms with E-state index in [4.69, 9.17) is 16.9 Å². The maximum absolute atomic E-state index is 8.93. The first-order valence-electron chi connectivity index (χ1n) is 6.54. The van der Waals surface area contributed by atoms with Gasteiger partial charge >= 0.3 is 0 Å². The minimum atomic E-state index is 0.527. The highest BCUT2D eigenvalue weighted by molar-refractivity contribution is 6.33. The summed E-state index contributed by atoms with van der Waals surface area (Å²) in [6, 6.07) is 14.8. The molecule has 2 heterocycles. The van der Waals surface area contributed by atoms with Crippen LogP contribution in [0.1, 0.15) is 5.56 Å². The lowest BCUT2D eigenvalue weighted by molar-refractivity contribution is 1.01. The van der Waals surface area contributed by atoms with Gasteiger partial charge in [0.1, 0.15) is 0 Å². The van der Waals surface area contributed by atoms with Gasteiger partial charge in [-0.15, -0.1) is 0 Å². The van der Waals surface area contributed by atoms with E-state index in [2.05, 4.69) is 26.5 Å². The van der Waals surface area contributed by atoms with E-state index in [-0.39, 0.29) is 0 Å². The second kappa shape index (κ2) is 4.76. The zero-order chi connectivity index (χ0) is 15.1. The molecule has 0 fully saturated rings. The van der Waals surface area contributed by atoms with Crippen LogP contribution in [-0.4, -0.2) is 19.6 Å². The normalized spacial score (nSPS) is 10.9. The van der Waals surface area contributed by atoms with Crippen molar-refractivity contribution >= 4 is 40.0 Å². The summed E-state index contributed by atoms with van der Waals surface area (Å²) in [7, 11) is 0. The number of hydrogen-bond donors (Lipinski definition) is 2. The van der Waals surface area contributed by atoms with Crippen molar-refractivity contribution in [2.75, 3.05) is 5.32 Å². The van der Waals surface area contributed by atoms with Crippen molar-refractivity contribution in [3.05, 3.63) is 53.1 Å². The molecule has 6 nitrogen and oxygen atoms in total. The summed E-state index contributed by atoms with van der Waals surface area (Å²) in [5.41, 5.74) is 2.91. The molecule has 7 heteroatoms. The van der Waals surface area contributed by atoms with E-state index in [1.807, 2.05) is 24.3 Å². The molecule has 0 radical (unpaired) electrons. The summed E-state index contributed by atoms with van der Waals surface area (Å²) >= 11 is 6.12. The van der Waals surface area contributed by atoms with Crippen LogP contribution in [0.25, 0.3) is 16.8 Å². The molecule has 0 spiro atoms. The second-order valence-electron chi connectivity index (χ2n) is 4.74. The molecular formula is C15H9ClN6. The fourth-order valence-corrected chi connectivity index (χ4v) is 2.48. The highest BCUT2D eigenvalue weighted by Gasteiger charge is 2.11. The summed E-state index contributed by atoms with van der Waals surface area (Å²) in [4.78, 5) is 8.79. The fraction of sp³-hybridized carbons (Fsp3) is 0. The van der Waals surface area contributed by atoms with Crippen LogP contribution < -0.4 is 5.32 Å². The number of para-hydroxylation sites is 1. The van der Waals surface area contributed by atoms with Gasteiger partial charge in [-0.1, -0.05) is 23.7 Å². The Labute approximate surface area is 130 Å². The Bertz CT molecular complexity index is 1040. The van der Waals surface area contributed by atoms with Gasteiger partial charge in [0.25, 0.3) is 5.78 Å². The number of H-pyrrole nitrogens is 1. The molecule has 106 valence electrons. The predicted molar refractivity (Wildman–Crippen MR) is 84.3 cm³/mol. The Morgan fingerprint density at radius 3 is 2.86 bits per heavy atom. The Morgan fingerprint density at radius 2 is 2.05 bits per heavy atom. The summed E-state index contributed by atoms with van der Waals surface area (Å²) in [5, 5.41) is 15.8. The van der Waals surface area contributed by atoms with Crippen LogP contribution in [0.15, 0.2) is 42.5 Å². The van der Waals surface area contributed by atoms with Crippen molar-refractivity contribution in [1.29, 1.82) is 5.26 Å². The van der Waals surface area contributed by atoms with Gasteiger partial charge in [0.2, 0.25) is 5.95 Å². The number of imidazole rings is 1. The monoisotopic (exact) mass is 308 g/mol. The number of nitrogens with zero attached hydrogens (tertiary/aromatic N) is 4. The molecule has 4 rings (SSSR count). The molecule has 0 atom stereocenters. The van der Waals surface area contributed by atoms with Gasteiger partial charge in [0.15, 0.2) is 0 Å². The number of fused-ring (bicyclic) bond motifs is 3. The average molecular weight is 309 g/mol. The Kier molecular flexibility index (Phi) is 2.74. The zero-order valence-corrected chi connectivity index (χ0v) is 12.0. The lowest BCUT2D eigenvalue weighted by Crippen LogP contribution is -1.94. The summed E-state index contributed by atoms with van der Waals surface area (Å²) < 4.78 is 1.76. The molecule has 0 aliphatic rings. The molecule has 0 unspecified atom stereocenters. The van der Waals surface area contributed by atoms with E-state index in [0.717, 1.165) is 16.7 Å². The van der Waals surface area contributed by atoms with E-state index >= 15 is 0 Å². The van der Waals surface area contributed by atoms with Crippen molar-refractivity contribution in [3.8, 4) is 6.07 Å². The number of anilines is 2. The Hall–Kier alpha value is -3.04. The number of nitriles is 1. The standard InChI is InChI=1S/C15H9ClN6/c16-10-3-1-2-4-11(10)18-14-20-15-19-12-7-9(8-17)5-6-13(12)22(15)21-14/h1-7H,(H2,18,19,20,21). The van der Waals surface area contributed by atoms with Crippen LogP contribution in [0.2, 0.25) is 5.02 Å². The van der Waals surface area contributed by atoms with Gasteiger partial charge in [-0.25, -0.2) is 9.50 Å². The maximum atomic E-state index is 8.93. The van der Waals surface area contributed by atoms with Gasteiger partial charge in [-0.2, -0.15) is 10.2 Å². The molecule has 0 aliphatic carbocycles. The molecule has 2 aromatic carbocycles. The van der Waals surface area contributed by atoms with Gasteiger partial charge < -0.3 is 5.32 Å². The van der Waals surface area contributed by atoms with Gasteiger partial charge in [-0.3, -0.25) is 5.10 Å². The number of aromatic nitrogens is 4. The smallest absolute Gasteiger partial charge is 0.253 e. The molecule has 0 aliphatic heterocycles. The van der Waals surface area contributed by atoms with Gasteiger partial charge in [0, 0.05) is 0 Å². The maximum Gasteiger partial charge on any atom is 0.253 e. The first-order chi connectivity index (χ1) is 10.7. The third-order valence-electron chi connectivity index (χ3n) is 3.32. The number of aromatic amines is 1. The van der Waals surface area contributed by atoms with Crippen molar-refractivity contribution in [3.63, 3.8) is 0 Å². The van der Waals surface area contributed by atoms with Crippen LogP contribution in [0, 0.1) is 11.3 Å². The van der Waals surface area contributed by atoms with E-state index < -0.39 is 0 Å². The van der Waals surface area contributed by atoms with Gasteiger partial charge in [0.05, 0.1) is 33.4 Å². The molecule has 4 aromatic rings. The molecule has 0 bridgehead atoms. The third-order valence-corrected chi connectivity index (χ3v) is 3.65. The van der Waals surface area contributed by atoms with E-state index in [9.17, 15) is 0 Å². The highest BCUT2D eigenvalue weighted by Crippen LogP contribution is 2.24. The number of hydrogen-bond acceptors (Lipinski definition) is 4. The second-order valence-corrected chi connectivity index (χ2v) is 5.15. The van der Waals surface area contributed by atoms with Crippen LogP contribution >= 0.6 is 11.6 Å². The van der Waals surface area contributed by atoms with Crippen molar-refractivity contribution in [2.24, 2.45) is 0 Å². The lowest BCUT2D eigenvalue weighted by Gasteiger charge is -2.03. The number of benzene rings is 2. The summed E-state index contributed by atoms with van der Waals surface area (Å²) in [6.45, 7) is 0. The number of halogens is 1. The Balaban J connectivity index is 1.79. The predicted octanol–water partition coefficient (Wildman–Crippen LogP) is 3.48. The van der Waals surface area contributed by atoms with Crippen LogP contribution in [0.3, 0.4) is 0 Å². The van der Waals surface area contributed by atoms with E-state index in [1.165, 1.54) is 0 Å². The molecule has 0 saturated carbocycles. The van der Waals surface area contributed by atoms with E-state index in [0.29, 0.717) is 22.3 Å². The number of rotatable bonds is 2. The van der Waals surface area contributed by atoms with E-state index in [1.54, 1.807) is 22.7 Å². The fourth-order valence-electron chi connectivity index (χ4n) is 2.30. The van der Waals surface area contributed by atoms with Crippen LogP contribution in [-0.2, 0) is 0 Å². The third kappa shape index (κ3) is 1.96. The van der Waals surface area contributed by atoms with Crippen LogP contribution in [0.4, 0.5) is 11.6 Å². The zero-order valence-electron chi connectivity index (χ0n) is 11.2. The lowest BCUT2D eigenvalue weighted by atomic mass is 10.2. The van der Waals surface area contributed by atoms with Crippen molar-refractivity contribution in [2.45, 2.75) is 0 Å². The molecule has 22 heavy (non-hydrogen) atoms. The quantitative estimate of drug-likeness (QED) is 0.594. The summed E-state index contributed by atoms with van der Waals surface area (Å²) in [6.07, 6.45) is 0. The molecule has 2 aromatic heterocycles. The molecular weight excluding hydrogens is 300 g/mol. The summed E-state index contributed by atoms with van der Waals surface area (Å²) in [5.74, 6) is 1.07. The topological polar surface area (TPSA) is 81.8 Å². The first kappa shape index (κ1) is 12.7. The molecule has 0 saturated heterocycles. The number of nitrogens with one attached hydrogen (secondary N) is 2. The van der Waals surface area contributed by atoms with Crippen molar-refractivity contribution < 1.29 is 0 Å². The van der Waals surface area contributed by atoms with Gasteiger partial charge in [-0.05, 0) is 30.3 Å². The SMILES string of the molecule is N#Cc1ccc2c(c1)nc1nc(Nc3ccccc3Cl)[nH]n12. The van der Waals surface area contributed by atoms with Crippen LogP contribution in [0.5, 0.6) is 0 Å². The molecule has 0 amide bonds. The average Bonchev–Trinajstić information content (AvgIpc) is 3.05. The molecule has 2 N–H and O–H groups in total. The minimum Gasteiger partial charge on any atom is -0.323 e. The Morgan fingerprint density at radius 1 is 1.18 bits per heavy atom. The van der Waals surface area contributed by atoms with Crippen molar-refractivity contribution in [1.82, 2.24) is 19.6 Å². The minimum absolute atomic E-state index is 0.527.